The molecule has 0 saturated carbocycles. The quantitative estimate of drug-likeness (QED) is 0.280. The predicted octanol–water partition coefficient (Wildman–Crippen LogP) is 4.69. The Labute approximate surface area is 200 Å². The lowest BCUT2D eigenvalue weighted by Gasteiger charge is -2.06. The number of nitriles is 1. The van der Waals surface area contributed by atoms with Crippen LogP contribution in [0.1, 0.15) is 11.1 Å². The van der Waals surface area contributed by atoms with Gasteiger partial charge < -0.3 is 9.15 Å². The van der Waals surface area contributed by atoms with Crippen LogP contribution in [0.3, 0.4) is 0 Å². The third-order valence-corrected chi connectivity index (χ3v) is 5.18. The Morgan fingerprint density at radius 2 is 1.86 bits per heavy atom. The SMILES string of the molecule is N#Cc1ccccc1OCC(=O)N/N=C/c1cn(-c2ccccc2)nc1-c1cc2ccccc2o1. The number of nitrogens with one attached hydrogen (secondary N) is 1. The van der Waals surface area contributed by atoms with Crippen LogP contribution in [-0.2, 0) is 4.79 Å². The number of hydrazone groups is 1. The van der Waals surface area contributed by atoms with E-state index in [2.05, 4.69) is 10.5 Å². The summed E-state index contributed by atoms with van der Waals surface area (Å²) in [6.07, 6.45) is 3.32. The van der Waals surface area contributed by atoms with Crippen LogP contribution in [0.5, 0.6) is 5.75 Å². The van der Waals surface area contributed by atoms with E-state index in [0.29, 0.717) is 28.3 Å². The van der Waals surface area contributed by atoms with Gasteiger partial charge in [0, 0.05) is 17.1 Å². The van der Waals surface area contributed by atoms with Gasteiger partial charge in [-0.05, 0) is 36.4 Å². The van der Waals surface area contributed by atoms with Crippen molar-refractivity contribution in [3.05, 3.63) is 102 Å². The fourth-order valence-corrected chi connectivity index (χ4v) is 3.52. The van der Waals surface area contributed by atoms with E-state index in [1.54, 1.807) is 28.9 Å². The highest BCUT2D eigenvalue weighted by Crippen LogP contribution is 2.29. The Morgan fingerprint density at radius 1 is 1.09 bits per heavy atom. The van der Waals surface area contributed by atoms with Crippen molar-refractivity contribution in [1.82, 2.24) is 15.2 Å². The number of furan rings is 1. The Kier molecular flexibility index (Phi) is 6.05. The summed E-state index contributed by atoms with van der Waals surface area (Å²) in [6, 6.07) is 28.0. The van der Waals surface area contributed by atoms with E-state index in [9.17, 15) is 4.79 Å². The number of carbonyl (C=O) groups excluding carboxylic acids is 1. The number of carbonyl (C=O) groups is 1. The van der Waals surface area contributed by atoms with Gasteiger partial charge in [-0.1, -0.05) is 48.5 Å². The lowest BCUT2D eigenvalue weighted by atomic mass is 10.2. The van der Waals surface area contributed by atoms with Crippen LogP contribution in [0.2, 0.25) is 0 Å². The molecule has 0 fully saturated rings. The maximum absolute atomic E-state index is 12.2. The molecule has 35 heavy (non-hydrogen) atoms. The van der Waals surface area contributed by atoms with Crippen LogP contribution in [0.4, 0.5) is 0 Å². The zero-order chi connectivity index (χ0) is 24.0. The zero-order valence-corrected chi connectivity index (χ0v) is 18.5. The lowest BCUT2D eigenvalue weighted by molar-refractivity contribution is -0.123. The van der Waals surface area contributed by atoms with Gasteiger partial charge in [0.2, 0.25) is 0 Å². The second-order valence-corrected chi connectivity index (χ2v) is 7.55. The number of hydrogen-bond donors (Lipinski definition) is 1. The number of fused-ring (bicyclic) bond motifs is 1. The Bertz CT molecular complexity index is 1530. The summed E-state index contributed by atoms with van der Waals surface area (Å²) in [5, 5.41) is 18.9. The molecule has 3 aromatic carbocycles. The molecular formula is C27H19N5O3. The monoisotopic (exact) mass is 461 g/mol. The van der Waals surface area contributed by atoms with Crippen LogP contribution < -0.4 is 10.2 Å². The molecule has 0 aliphatic rings. The first-order chi connectivity index (χ1) is 17.2. The van der Waals surface area contributed by atoms with Gasteiger partial charge in [0.15, 0.2) is 12.4 Å². The Morgan fingerprint density at radius 3 is 2.69 bits per heavy atom. The molecule has 0 aliphatic carbocycles. The molecule has 8 nitrogen and oxygen atoms in total. The van der Waals surface area contributed by atoms with Gasteiger partial charge in [-0.2, -0.15) is 15.5 Å². The van der Waals surface area contributed by atoms with Crippen molar-refractivity contribution in [3.8, 4) is 29.0 Å². The van der Waals surface area contributed by atoms with Crippen LogP contribution in [0.25, 0.3) is 28.1 Å². The second kappa shape index (κ2) is 9.77. The summed E-state index contributed by atoms with van der Waals surface area (Å²) in [5.74, 6) is 0.463. The molecule has 5 rings (SSSR count). The number of hydrogen-bond acceptors (Lipinski definition) is 6. The molecule has 2 heterocycles. The standard InChI is InChI=1S/C27H19N5O3/c28-15-20-9-5-6-12-23(20)34-18-26(33)30-29-16-21-17-32(22-10-2-1-3-11-22)31-27(21)25-14-19-8-4-7-13-24(19)35-25/h1-14,16-17H,18H2,(H,30,33)/b29-16+. The van der Waals surface area contributed by atoms with Crippen molar-refractivity contribution in [2.24, 2.45) is 5.10 Å². The molecule has 0 spiro atoms. The first-order valence-electron chi connectivity index (χ1n) is 10.8. The highest BCUT2D eigenvalue weighted by atomic mass is 16.5. The molecule has 1 amide bonds. The van der Waals surface area contributed by atoms with E-state index in [-0.39, 0.29) is 6.61 Å². The first kappa shape index (κ1) is 21.7. The molecule has 170 valence electrons. The van der Waals surface area contributed by atoms with Gasteiger partial charge in [-0.15, -0.1) is 0 Å². The van der Waals surface area contributed by atoms with Gasteiger partial charge in [0.25, 0.3) is 5.91 Å². The summed E-state index contributed by atoms with van der Waals surface area (Å²) in [5.41, 5.74) is 5.67. The van der Waals surface area contributed by atoms with Crippen LogP contribution in [-0.4, -0.2) is 28.5 Å². The molecule has 5 aromatic rings. The number of para-hydroxylation sites is 3. The summed E-state index contributed by atoms with van der Waals surface area (Å²) in [7, 11) is 0. The van der Waals surface area contributed by atoms with E-state index in [1.807, 2.05) is 72.9 Å². The molecular weight excluding hydrogens is 442 g/mol. The average Bonchev–Trinajstić information content (AvgIpc) is 3.52. The maximum Gasteiger partial charge on any atom is 0.277 e. The molecule has 0 atom stereocenters. The van der Waals surface area contributed by atoms with Gasteiger partial charge >= 0.3 is 0 Å². The van der Waals surface area contributed by atoms with E-state index < -0.39 is 5.91 Å². The second-order valence-electron chi connectivity index (χ2n) is 7.55. The summed E-state index contributed by atoms with van der Waals surface area (Å²) in [4.78, 5) is 12.2. The molecule has 1 N–H and O–H groups in total. The largest absolute Gasteiger partial charge is 0.482 e. The number of ether oxygens (including phenoxy) is 1. The van der Waals surface area contributed by atoms with Crippen LogP contribution in [0.15, 0.2) is 101 Å². The minimum absolute atomic E-state index is 0.282. The summed E-state index contributed by atoms with van der Waals surface area (Å²) < 4.78 is 13.2. The van der Waals surface area contributed by atoms with Crippen LogP contribution >= 0.6 is 0 Å². The third kappa shape index (κ3) is 4.79. The molecule has 0 unspecified atom stereocenters. The van der Waals surface area contributed by atoms with Gasteiger partial charge in [0.05, 0.1) is 17.5 Å². The van der Waals surface area contributed by atoms with Crippen molar-refractivity contribution in [1.29, 1.82) is 5.26 Å². The first-order valence-corrected chi connectivity index (χ1v) is 10.8. The molecule has 0 radical (unpaired) electrons. The highest BCUT2D eigenvalue weighted by Gasteiger charge is 2.15. The number of benzene rings is 3. The van der Waals surface area contributed by atoms with Crippen molar-refractivity contribution < 1.29 is 13.9 Å². The zero-order valence-electron chi connectivity index (χ0n) is 18.5. The normalized spacial score (nSPS) is 10.9. The van der Waals surface area contributed by atoms with Gasteiger partial charge in [-0.3, -0.25) is 4.79 Å². The predicted molar refractivity (Wildman–Crippen MR) is 131 cm³/mol. The summed E-state index contributed by atoms with van der Waals surface area (Å²) >= 11 is 0. The Hall–Kier alpha value is -5.16. The fraction of sp³-hybridized carbons (Fsp3) is 0.0370. The fourth-order valence-electron chi connectivity index (χ4n) is 3.52. The van der Waals surface area contributed by atoms with Crippen molar-refractivity contribution >= 4 is 23.1 Å². The Balaban J connectivity index is 1.36. The van der Waals surface area contributed by atoms with E-state index in [0.717, 1.165) is 16.7 Å². The molecule has 0 aliphatic heterocycles. The van der Waals surface area contributed by atoms with Crippen LogP contribution in [0, 0.1) is 11.3 Å². The lowest BCUT2D eigenvalue weighted by Crippen LogP contribution is -2.24. The van der Waals surface area contributed by atoms with E-state index in [4.69, 9.17) is 19.5 Å². The number of amides is 1. The smallest absolute Gasteiger partial charge is 0.277 e. The minimum atomic E-state index is -0.463. The van der Waals surface area contributed by atoms with Gasteiger partial charge in [-0.25, -0.2) is 10.1 Å². The molecule has 8 heteroatoms. The molecule has 0 bridgehead atoms. The van der Waals surface area contributed by atoms with Crippen molar-refractivity contribution in [3.63, 3.8) is 0 Å². The van der Waals surface area contributed by atoms with E-state index in [1.165, 1.54) is 6.21 Å². The number of aromatic nitrogens is 2. The third-order valence-electron chi connectivity index (χ3n) is 5.18. The molecule has 0 saturated heterocycles. The van der Waals surface area contributed by atoms with E-state index >= 15 is 0 Å². The molecule has 2 aromatic heterocycles. The number of rotatable bonds is 7. The van der Waals surface area contributed by atoms with Gasteiger partial charge in [0.1, 0.15) is 23.1 Å². The van der Waals surface area contributed by atoms with Crippen molar-refractivity contribution in [2.75, 3.05) is 6.61 Å². The highest BCUT2D eigenvalue weighted by molar-refractivity contribution is 5.91. The number of nitrogens with zero attached hydrogens (tertiary/aromatic N) is 4. The van der Waals surface area contributed by atoms with Crippen molar-refractivity contribution in [2.45, 2.75) is 0 Å². The average molecular weight is 461 g/mol. The minimum Gasteiger partial charge on any atom is -0.482 e. The topological polar surface area (TPSA) is 105 Å². The summed E-state index contributed by atoms with van der Waals surface area (Å²) in [6.45, 7) is -0.282. The maximum atomic E-state index is 12.2.